The second kappa shape index (κ2) is 7.04. The van der Waals surface area contributed by atoms with Crippen molar-refractivity contribution in [3.8, 4) is 0 Å². The molecule has 3 N–H and O–H groups in total. The summed E-state index contributed by atoms with van der Waals surface area (Å²) in [6.45, 7) is 3.51. The van der Waals surface area contributed by atoms with Crippen molar-refractivity contribution in [2.24, 2.45) is 10.7 Å². The molecule has 8 nitrogen and oxygen atoms in total. The standard InChI is InChI=1S/C20H21ClN4O4S/c1-19(2)18(22)25-20(11-30(19,27)28)10-29-9-12-3-5-14(7-15(12)20)24-17(26)16-6-4-13(21)8-23-16/h3-8H,9-11H2,1-2H3,(H2,22,25)(H,24,26). The van der Waals surface area contributed by atoms with Gasteiger partial charge >= 0.3 is 0 Å². The number of aromatic nitrogens is 1. The number of nitrogens with one attached hydrogen (secondary N) is 1. The number of halogens is 1. The van der Waals surface area contributed by atoms with Gasteiger partial charge in [-0.25, -0.2) is 13.4 Å². The Morgan fingerprint density at radius 1 is 1.27 bits per heavy atom. The first-order valence-corrected chi connectivity index (χ1v) is 11.3. The number of amidine groups is 1. The number of rotatable bonds is 2. The molecule has 4 rings (SSSR count). The number of benzene rings is 1. The number of pyridine rings is 1. The Hall–Kier alpha value is -2.49. The summed E-state index contributed by atoms with van der Waals surface area (Å²) in [4.78, 5) is 21.1. The number of nitrogens with two attached hydrogens (primary N) is 1. The molecule has 1 amide bonds. The lowest BCUT2D eigenvalue weighted by Gasteiger charge is -2.42. The van der Waals surface area contributed by atoms with Gasteiger partial charge < -0.3 is 15.8 Å². The van der Waals surface area contributed by atoms with Crippen molar-refractivity contribution in [1.82, 2.24) is 4.98 Å². The lowest BCUT2D eigenvalue weighted by Crippen LogP contribution is -2.57. The fourth-order valence-corrected chi connectivity index (χ4v) is 5.36. The minimum absolute atomic E-state index is 0.0463. The van der Waals surface area contributed by atoms with Gasteiger partial charge in [0.1, 0.15) is 21.8 Å². The molecular weight excluding hydrogens is 428 g/mol. The quantitative estimate of drug-likeness (QED) is 0.726. The first-order chi connectivity index (χ1) is 14.0. The Bertz CT molecular complexity index is 1160. The lowest BCUT2D eigenvalue weighted by molar-refractivity contribution is 0.0610. The number of carbonyl (C=O) groups is 1. The molecule has 2 aromatic rings. The van der Waals surface area contributed by atoms with Crippen LogP contribution in [0.4, 0.5) is 5.69 Å². The highest BCUT2D eigenvalue weighted by Gasteiger charge is 2.52. The maximum absolute atomic E-state index is 13.0. The Morgan fingerprint density at radius 2 is 2.03 bits per heavy atom. The van der Waals surface area contributed by atoms with E-state index >= 15 is 0 Å². The van der Waals surface area contributed by atoms with Gasteiger partial charge in [-0.05, 0) is 49.2 Å². The smallest absolute Gasteiger partial charge is 0.274 e. The van der Waals surface area contributed by atoms with E-state index in [1.807, 2.05) is 0 Å². The van der Waals surface area contributed by atoms with Crippen LogP contribution in [0.3, 0.4) is 0 Å². The number of hydrogen-bond acceptors (Lipinski definition) is 7. The Kier molecular flexibility index (Phi) is 4.87. The molecule has 1 unspecified atom stereocenters. The molecule has 3 heterocycles. The van der Waals surface area contributed by atoms with Crippen LogP contribution in [-0.4, -0.2) is 42.3 Å². The van der Waals surface area contributed by atoms with Gasteiger partial charge in [-0.2, -0.15) is 0 Å². The van der Waals surface area contributed by atoms with Crippen molar-refractivity contribution in [3.05, 3.63) is 58.4 Å². The molecule has 0 aliphatic carbocycles. The summed E-state index contributed by atoms with van der Waals surface area (Å²) in [5.74, 6) is -0.588. The molecule has 0 fully saturated rings. The zero-order chi connectivity index (χ0) is 21.7. The Morgan fingerprint density at radius 3 is 2.70 bits per heavy atom. The van der Waals surface area contributed by atoms with Gasteiger partial charge in [0, 0.05) is 11.9 Å². The number of aliphatic imine (C=N–C) groups is 1. The largest absolute Gasteiger partial charge is 0.386 e. The highest BCUT2D eigenvalue weighted by Crippen LogP contribution is 2.42. The van der Waals surface area contributed by atoms with E-state index in [2.05, 4.69) is 15.3 Å². The van der Waals surface area contributed by atoms with Gasteiger partial charge in [-0.1, -0.05) is 17.7 Å². The van der Waals surface area contributed by atoms with Gasteiger partial charge in [0.15, 0.2) is 9.84 Å². The monoisotopic (exact) mass is 448 g/mol. The van der Waals surface area contributed by atoms with E-state index < -0.39 is 26.0 Å². The number of sulfone groups is 1. The summed E-state index contributed by atoms with van der Waals surface area (Å²) in [6, 6.07) is 8.35. The van der Waals surface area contributed by atoms with E-state index in [9.17, 15) is 13.2 Å². The first kappa shape index (κ1) is 20.8. The molecule has 1 atom stereocenters. The fourth-order valence-electron chi connectivity index (χ4n) is 3.59. The molecule has 0 saturated heterocycles. The minimum Gasteiger partial charge on any atom is -0.386 e. The number of nitrogens with zero attached hydrogens (tertiary/aromatic N) is 2. The van der Waals surface area contributed by atoms with Crippen LogP contribution in [0.25, 0.3) is 0 Å². The SMILES string of the molecule is CC1(C)C(N)=NC2(COCc3ccc(NC(=O)c4ccc(Cl)cn4)cc32)CS1(=O)=O. The van der Waals surface area contributed by atoms with Gasteiger partial charge in [0.25, 0.3) is 5.91 Å². The van der Waals surface area contributed by atoms with Crippen molar-refractivity contribution in [1.29, 1.82) is 0 Å². The Labute approximate surface area is 179 Å². The zero-order valence-electron chi connectivity index (χ0n) is 16.5. The van der Waals surface area contributed by atoms with E-state index in [0.717, 1.165) is 5.56 Å². The second-order valence-electron chi connectivity index (χ2n) is 7.98. The summed E-state index contributed by atoms with van der Waals surface area (Å²) in [6.07, 6.45) is 1.39. The van der Waals surface area contributed by atoms with E-state index in [1.54, 1.807) is 38.1 Å². The van der Waals surface area contributed by atoms with Gasteiger partial charge in [-0.3, -0.25) is 9.79 Å². The summed E-state index contributed by atoms with van der Waals surface area (Å²) < 4.78 is 30.3. The highest BCUT2D eigenvalue weighted by atomic mass is 35.5. The van der Waals surface area contributed by atoms with E-state index in [-0.39, 0.29) is 23.9 Å². The first-order valence-electron chi connectivity index (χ1n) is 9.26. The van der Waals surface area contributed by atoms with Crippen molar-refractivity contribution >= 4 is 38.9 Å². The predicted octanol–water partition coefficient (Wildman–Crippen LogP) is 2.28. The third-order valence-corrected chi connectivity index (χ3v) is 8.43. The van der Waals surface area contributed by atoms with Crippen molar-refractivity contribution in [2.75, 3.05) is 17.7 Å². The molecule has 10 heteroatoms. The van der Waals surface area contributed by atoms with Crippen LogP contribution in [0.2, 0.25) is 5.02 Å². The van der Waals surface area contributed by atoms with Gasteiger partial charge in [0.2, 0.25) is 0 Å². The molecule has 1 aromatic carbocycles. The number of carbonyl (C=O) groups excluding carboxylic acids is 1. The van der Waals surface area contributed by atoms with E-state index in [0.29, 0.717) is 22.9 Å². The molecule has 1 spiro atoms. The molecule has 158 valence electrons. The fraction of sp³-hybridized carbons (Fsp3) is 0.350. The van der Waals surface area contributed by atoms with E-state index in [1.165, 1.54) is 12.3 Å². The number of hydrogen-bond donors (Lipinski definition) is 2. The molecule has 0 bridgehead atoms. The third kappa shape index (κ3) is 3.36. The maximum Gasteiger partial charge on any atom is 0.274 e. The number of fused-ring (bicyclic) bond motifs is 2. The van der Waals surface area contributed by atoms with Crippen molar-refractivity contribution < 1.29 is 17.9 Å². The summed E-state index contributed by atoms with van der Waals surface area (Å²) in [5, 5.41) is 3.21. The molecule has 0 saturated carbocycles. The Balaban J connectivity index is 1.73. The van der Waals surface area contributed by atoms with Crippen LogP contribution in [0.5, 0.6) is 0 Å². The normalized spacial score (nSPS) is 24.0. The molecule has 1 aromatic heterocycles. The zero-order valence-corrected chi connectivity index (χ0v) is 18.0. The van der Waals surface area contributed by atoms with Gasteiger partial charge in [0.05, 0.1) is 24.0 Å². The molecular formula is C20H21ClN4O4S. The highest BCUT2D eigenvalue weighted by molar-refractivity contribution is 7.93. The lowest BCUT2D eigenvalue weighted by atomic mass is 9.86. The summed E-state index contributed by atoms with van der Waals surface area (Å²) >= 11 is 5.82. The third-order valence-electron chi connectivity index (χ3n) is 5.59. The van der Waals surface area contributed by atoms with Crippen LogP contribution in [-0.2, 0) is 26.7 Å². The number of ether oxygens (including phenoxy) is 1. The molecule has 0 radical (unpaired) electrons. The summed E-state index contributed by atoms with van der Waals surface area (Å²) in [5.41, 5.74) is 7.12. The molecule has 2 aliphatic heterocycles. The van der Waals surface area contributed by atoms with Crippen LogP contribution in [0.15, 0.2) is 41.5 Å². The average Bonchev–Trinajstić information content (AvgIpc) is 2.67. The molecule has 2 aliphatic rings. The van der Waals surface area contributed by atoms with Crippen molar-refractivity contribution in [2.45, 2.75) is 30.7 Å². The van der Waals surface area contributed by atoms with E-state index in [4.69, 9.17) is 22.1 Å². The van der Waals surface area contributed by atoms with Gasteiger partial charge in [-0.15, -0.1) is 0 Å². The predicted molar refractivity (Wildman–Crippen MR) is 114 cm³/mol. The van der Waals surface area contributed by atoms with Crippen LogP contribution < -0.4 is 11.1 Å². The van der Waals surface area contributed by atoms with Crippen molar-refractivity contribution in [3.63, 3.8) is 0 Å². The van der Waals surface area contributed by atoms with Crippen LogP contribution >= 0.6 is 11.6 Å². The minimum atomic E-state index is -3.59. The average molecular weight is 449 g/mol. The molecule has 30 heavy (non-hydrogen) atoms. The maximum atomic E-state index is 13.0. The summed E-state index contributed by atoms with van der Waals surface area (Å²) in [7, 11) is -3.59. The second-order valence-corrected chi connectivity index (χ2v) is 11.0. The number of anilines is 1. The number of amides is 1. The van der Waals surface area contributed by atoms with Crippen LogP contribution in [0, 0.1) is 0 Å². The van der Waals surface area contributed by atoms with Crippen LogP contribution in [0.1, 0.15) is 35.5 Å². The topological polar surface area (TPSA) is 124 Å².